The summed E-state index contributed by atoms with van der Waals surface area (Å²) in [6, 6.07) is 23.8. The predicted molar refractivity (Wildman–Crippen MR) is 136 cm³/mol. The summed E-state index contributed by atoms with van der Waals surface area (Å²) >= 11 is 6.14. The molecule has 0 unspecified atom stereocenters. The van der Waals surface area contributed by atoms with E-state index >= 15 is 0 Å². The Balaban J connectivity index is 1.49. The van der Waals surface area contributed by atoms with Gasteiger partial charge in [-0.05, 0) is 73.0 Å². The predicted octanol–water partition coefficient (Wildman–Crippen LogP) is 8.27. The maximum absolute atomic E-state index is 14.1. The number of hydrogen-bond acceptors (Lipinski definition) is 5. The van der Waals surface area contributed by atoms with Crippen LogP contribution < -0.4 is 14.2 Å². The van der Waals surface area contributed by atoms with Crippen LogP contribution in [-0.4, -0.2) is 13.1 Å². The summed E-state index contributed by atoms with van der Waals surface area (Å²) in [4.78, 5) is 11.4. The summed E-state index contributed by atoms with van der Waals surface area (Å²) in [5, 5.41) is 0.427. The lowest BCUT2D eigenvalue weighted by molar-refractivity contribution is -0.140. The molecule has 0 saturated carbocycles. The van der Waals surface area contributed by atoms with E-state index in [4.69, 9.17) is 30.5 Å². The third-order valence-corrected chi connectivity index (χ3v) is 5.61. The van der Waals surface area contributed by atoms with E-state index in [9.17, 15) is 9.18 Å². The lowest BCUT2D eigenvalue weighted by Gasteiger charge is -2.14. The molecule has 0 N–H and O–H groups in total. The molecule has 0 heterocycles. The number of aryl methyl sites for hydroxylation is 2. The second-order valence-corrected chi connectivity index (χ2v) is 8.40. The summed E-state index contributed by atoms with van der Waals surface area (Å²) in [7, 11) is 1.38. The van der Waals surface area contributed by atoms with Crippen molar-refractivity contribution in [3.63, 3.8) is 0 Å². The Bertz CT molecular complexity index is 1370. The molecule has 0 fully saturated rings. The van der Waals surface area contributed by atoms with E-state index in [0.29, 0.717) is 40.9 Å². The summed E-state index contributed by atoms with van der Waals surface area (Å²) in [5.74, 6) is 1.69. The second-order valence-electron chi connectivity index (χ2n) is 7.97. The van der Waals surface area contributed by atoms with Crippen molar-refractivity contribution >= 4 is 17.6 Å². The van der Waals surface area contributed by atoms with Crippen molar-refractivity contribution in [3.05, 3.63) is 107 Å². The van der Waals surface area contributed by atoms with Crippen molar-refractivity contribution in [2.75, 3.05) is 7.11 Å². The lowest BCUT2D eigenvalue weighted by Crippen LogP contribution is -2.02. The Morgan fingerprint density at radius 2 is 1.53 bits per heavy atom. The van der Waals surface area contributed by atoms with Crippen molar-refractivity contribution in [3.8, 4) is 34.5 Å². The topological polar surface area (TPSA) is 54.0 Å². The molecule has 0 spiro atoms. The lowest BCUT2D eigenvalue weighted by atomic mass is 10.0. The number of benzene rings is 4. The van der Waals surface area contributed by atoms with Crippen LogP contribution in [0.1, 0.15) is 17.5 Å². The fourth-order valence-corrected chi connectivity index (χ4v) is 3.67. The molecule has 0 aromatic heterocycles. The van der Waals surface area contributed by atoms with Gasteiger partial charge in [-0.3, -0.25) is 4.79 Å². The van der Waals surface area contributed by atoms with E-state index in [1.807, 2.05) is 31.2 Å². The number of carbonyl (C=O) groups is 1. The normalized spacial score (nSPS) is 10.6. The number of methoxy groups -OCH3 is 1. The van der Waals surface area contributed by atoms with Crippen molar-refractivity contribution < 1.29 is 28.1 Å². The van der Waals surface area contributed by atoms with Crippen LogP contribution in [0, 0.1) is 12.7 Å². The smallest absolute Gasteiger partial charge is 0.305 e. The van der Waals surface area contributed by atoms with E-state index in [-0.39, 0.29) is 17.5 Å². The number of rotatable bonds is 9. The second kappa shape index (κ2) is 11.6. The maximum Gasteiger partial charge on any atom is 0.305 e. The number of carbonyl (C=O) groups excluding carboxylic acids is 1. The van der Waals surface area contributed by atoms with Gasteiger partial charge >= 0.3 is 5.97 Å². The van der Waals surface area contributed by atoms with Crippen molar-refractivity contribution in [1.82, 2.24) is 0 Å². The number of para-hydroxylation sites is 1. The summed E-state index contributed by atoms with van der Waals surface area (Å²) in [6.45, 7) is 1.97. The Labute approximate surface area is 214 Å². The van der Waals surface area contributed by atoms with Gasteiger partial charge < -0.3 is 18.9 Å². The third kappa shape index (κ3) is 6.55. The molecule has 4 aromatic rings. The van der Waals surface area contributed by atoms with Gasteiger partial charge in [-0.15, -0.1) is 0 Å². The van der Waals surface area contributed by atoms with Gasteiger partial charge in [0, 0.05) is 23.6 Å². The molecular formula is C29H24ClFO5. The van der Waals surface area contributed by atoms with Crippen molar-refractivity contribution in [1.29, 1.82) is 0 Å². The van der Waals surface area contributed by atoms with E-state index in [0.717, 1.165) is 11.1 Å². The fraction of sp³-hybridized carbons (Fsp3) is 0.138. The molecule has 0 aliphatic carbocycles. The zero-order valence-electron chi connectivity index (χ0n) is 19.8. The highest BCUT2D eigenvalue weighted by Gasteiger charge is 2.12. The molecule has 0 aliphatic rings. The van der Waals surface area contributed by atoms with E-state index < -0.39 is 5.82 Å². The van der Waals surface area contributed by atoms with Crippen LogP contribution in [-0.2, 0) is 16.0 Å². The zero-order valence-corrected chi connectivity index (χ0v) is 20.6. The van der Waals surface area contributed by atoms with Gasteiger partial charge in [0.1, 0.15) is 17.2 Å². The van der Waals surface area contributed by atoms with E-state index in [1.165, 1.54) is 19.2 Å². The average Bonchev–Trinajstić information content (AvgIpc) is 2.86. The van der Waals surface area contributed by atoms with Gasteiger partial charge in [0.2, 0.25) is 0 Å². The molecule has 0 radical (unpaired) electrons. The van der Waals surface area contributed by atoms with Gasteiger partial charge in [0.25, 0.3) is 0 Å². The average molecular weight is 507 g/mol. The molecule has 4 rings (SSSR count). The largest absolute Gasteiger partial charge is 0.469 e. The van der Waals surface area contributed by atoms with Crippen LogP contribution >= 0.6 is 11.6 Å². The highest BCUT2D eigenvalue weighted by Crippen LogP contribution is 2.38. The summed E-state index contributed by atoms with van der Waals surface area (Å²) in [5.41, 5.74) is 2.06. The monoisotopic (exact) mass is 506 g/mol. The maximum atomic E-state index is 14.1. The molecule has 7 heteroatoms. The standard InChI is InChI=1S/C29H24ClFO5/c1-19-16-24(13-10-20(19)11-15-29(32)33-2)34-22-6-5-7-23(18-22)35-27-14-12-21(30)17-28(27)36-26-9-4-3-8-25(26)31/h3-10,12-14,16-18H,11,15H2,1-2H3. The van der Waals surface area contributed by atoms with Gasteiger partial charge in [-0.2, -0.15) is 0 Å². The number of ether oxygens (including phenoxy) is 4. The Morgan fingerprint density at radius 1 is 0.778 bits per heavy atom. The van der Waals surface area contributed by atoms with Crippen molar-refractivity contribution in [2.24, 2.45) is 0 Å². The molecule has 5 nitrogen and oxygen atoms in total. The number of esters is 1. The summed E-state index contributed by atoms with van der Waals surface area (Å²) < 4.78 is 36.6. The first-order valence-corrected chi connectivity index (χ1v) is 11.6. The molecular weight excluding hydrogens is 483 g/mol. The molecule has 4 aromatic carbocycles. The summed E-state index contributed by atoms with van der Waals surface area (Å²) in [6.07, 6.45) is 0.921. The highest BCUT2D eigenvalue weighted by atomic mass is 35.5. The number of hydrogen-bond donors (Lipinski definition) is 0. The minimum absolute atomic E-state index is 0.0621. The van der Waals surface area contributed by atoms with Crippen LogP contribution in [0.4, 0.5) is 4.39 Å². The number of halogens is 2. The van der Waals surface area contributed by atoms with Gasteiger partial charge in [-0.1, -0.05) is 35.9 Å². The minimum atomic E-state index is -0.495. The van der Waals surface area contributed by atoms with Crippen LogP contribution in [0.25, 0.3) is 0 Å². The molecule has 36 heavy (non-hydrogen) atoms. The molecule has 184 valence electrons. The van der Waals surface area contributed by atoms with Gasteiger partial charge in [0.15, 0.2) is 23.1 Å². The Morgan fingerprint density at radius 3 is 2.28 bits per heavy atom. The van der Waals surface area contributed by atoms with Gasteiger partial charge in [-0.25, -0.2) is 4.39 Å². The molecule has 0 amide bonds. The quantitative estimate of drug-likeness (QED) is 0.214. The SMILES string of the molecule is COC(=O)CCc1ccc(Oc2cccc(Oc3ccc(Cl)cc3Oc3ccccc3F)c2)cc1C. The first-order chi connectivity index (χ1) is 17.4. The molecule has 0 saturated heterocycles. The highest BCUT2D eigenvalue weighted by molar-refractivity contribution is 6.30. The van der Waals surface area contributed by atoms with Crippen LogP contribution in [0.2, 0.25) is 5.02 Å². The third-order valence-electron chi connectivity index (χ3n) is 5.37. The van der Waals surface area contributed by atoms with E-state index in [1.54, 1.807) is 48.5 Å². The Hall–Kier alpha value is -4.03. The first kappa shape index (κ1) is 25.1. The zero-order chi connectivity index (χ0) is 25.5. The van der Waals surface area contributed by atoms with Crippen LogP contribution in [0.5, 0.6) is 34.5 Å². The Kier molecular flexibility index (Phi) is 8.08. The van der Waals surface area contributed by atoms with Gasteiger partial charge in [0.05, 0.1) is 7.11 Å². The minimum Gasteiger partial charge on any atom is -0.469 e. The fourth-order valence-electron chi connectivity index (χ4n) is 3.51. The van der Waals surface area contributed by atoms with E-state index in [2.05, 4.69) is 0 Å². The van der Waals surface area contributed by atoms with Crippen LogP contribution in [0.15, 0.2) is 84.9 Å². The molecule has 0 atom stereocenters. The van der Waals surface area contributed by atoms with Crippen LogP contribution in [0.3, 0.4) is 0 Å². The first-order valence-electron chi connectivity index (χ1n) is 11.3. The molecule has 0 aliphatic heterocycles. The van der Waals surface area contributed by atoms with Crippen molar-refractivity contribution in [2.45, 2.75) is 19.8 Å². The molecule has 0 bridgehead atoms.